The minimum atomic E-state index is -0.179. The van der Waals surface area contributed by atoms with E-state index in [1.165, 1.54) is 12.8 Å². The lowest BCUT2D eigenvalue weighted by Crippen LogP contribution is -2.42. The van der Waals surface area contributed by atoms with Crippen molar-refractivity contribution < 1.29 is 10.2 Å². The van der Waals surface area contributed by atoms with Crippen LogP contribution in [-0.2, 0) is 0 Å². The second-order valence-corrected chi connectivity index (χ2v) is 5.35. The van der Waals surface area contributed by atoms with Crippen LogP contribution in [0.4, 0.5) is 0 Å². The van der Waals surface area contributed by atoms with E-state index in [0.717, 1.165) is 38.6 Å². The van der Waals surface area contributed by atoms with Gasteiger partial charge in [0.25, 0.3) is 0 Å². The first-order valence-electron chi connectivity index (χ1n) is 6.28. The van der Waals surface area contributed by atoms with Gasteiger partial charge in [0, 0.05) is 24.6 Å². The molecule has 2 aliphatic carbocycles. The molecule has 0 aromatic rings. The van der Waals surface area contributed by atoms with Gasteiger partial charge in [-0.1, -0.05) is 19.3 Å². The van der Waals surface area contributed by atoms with Crippen molar-refractivity contribution in [1.82, 2.24) is 5.32 Å². The fraction of sp³-hybridized carbons (Fsp3) is 1.00. The molecule has 0 spiro atoms. The molecule has 88 valence electrons. The number of aliphatic hydroxyl groups excluding tert-OH is 2. The van der Waals surface area contributed by atoms with Gasteiger partial charge in [-0.05, 0) is 25.7 Å². The van der Waals surface area contributed by atoms with Crippen molar-refractivity contribution in [3.05, 3.63) is 0 Å². The minimum Gasteiger partial charge on any atom is -0.396 e. The average molecular weight is 213 g/mol. The van der Waals surface area contributed by atoms with E-state index in [0.29, 0.717) is 6.61 Å². The van der Waals surface area contributed by atoms with E-state index in [2.05, 4.69) is 5.32 Å². The van der Waals surface area contributed by atoms with E-state index in [-0.39, 0.29) is 17.6 Å². The van der Waals surface area contributed by atoms with Gasteiger partial charge in [0.15, 0.2) is 0 Å². The Kier molecular flexibility index (Phi) is 3.65. The van der Waals surface area contributed by atoms with Crippen molar-refractivity contribution >= 4 is 0 Å². The maximum Gasteiger partial charge on any atom is 0.0693 e. The first kappa shape index (κ1) is 11.4. The molecule has 0 aromatic heterocycles. The third-order valence-electron chi connectivity index (χ3n) is 4.01. The van der Waals surface area contributed by atoms with Crippen LogP contribution >= 0.6 is 0 Å². The van der Waals surface area contributed by atoms with Crippen LogP contribution in [0.2, 0.25) is 0 Å². The lowest BCUT2D eigenvalue weighted by molar-refractivity contribution is 0.111. The van der Waals surface area contributed by atoms with Crippen LogP contribution in [-0.4, -0.2) is 35.5 Å². The number of rotatable bonds is 4. The molecule has 3 N–H and O–H groups in total. The van der Waals surface area contributed by atoms with Gasteiger partial charge in [0.1, 0.15) is 0 Å². The van der Waals surface area contributed by atoms with Crippen molar-refractivity contribution in [2.45, 2.75) is 57.1 Å². The first-order valence-corrected chi connectivity index (χ1v) is 6.28. The maximum absolute atomic E-state index is 9.91. The summed E-state index contributed by atoms with van der Waals surface area (Å²) in [6.45, 7) is 1.17. The van der Waals surface area contributed by atoms with Gasteiger partial charge in [-0.2, -0.15) is 0 Å². The minimum absolute atomic E-state index is 0.159. The average Bonchev–Trinajstić information content (AvgIpc) is 3.02. The highest BCUT2D eigenvalue weighted by Gasteiger charge is 2.42. The molecule has 0 amide bonds. The number of hydrogen-bond donors (Lipinski definition) is 3. The Bertz CT molecular complexity index is 204. The molecule has 0 bridgehead atoms. The lowest BCUT2D eigenvalue weighted by atomic mass is 10.0. The van der Waals surface area contributed by atoms with Gasteiger partial charge in [-0.3, -0.25) is 0 Å². The van der Waals surface area contributed by atoms with Crippen molar-refractivity contribution in [3.8, 4) is 0 Å². The summed E-state index contributed by atoms with van der Waals surface area (Å²) in [6.07, 6.45) is 7.75. The van der Waals surface area contributed by atoms with Crippen LogP contribution in [0.1, 0.15) is 44.9 Å². The monoisotopic (exact) mass is 213 g/mol. The van der Waals surface area contributed by atoms with Crippen molar-refractivity contribution in [2.75, 3.05) is 13.2 Å². The van der Waals surface area contributed by atoms with Gasteiger partial charge in [-0.25, -0.2) is 0 Å². The third kappa shape index (κ3) is 2.92. The summed E-state index contributed by atoms with van der Waals surface area (Å²) in [5.74, 6) is 0. The summed E-state index contributed by atoms with van der Waals surface area (Å²) in [5, 5.41) is 22.6. The smallest absolute Gasteiger partial charge is 0.0693 e. The Morgan fingerprint density at radius 3 is 2.53 bits per heavy atom. The van der Waals surface area contributed by atoms with E-state index in [1.807, 2.05) is 0 Å². The number of hydrogen-bond acceptors (Lipinski definition) is 3. The molecule has 2 rings (SSSR count). The normalized spacial score (nSPS) is 34.8. The standard InChI is InChI=1S/C12H23NO2/c14-9-12(6-7-12)8-13-10-4-2-1-3-5-11(10)15/h10-11,13-15H,1-9H2. The topological polar surface area (TPSA) is 52.5 Å². The molecule has 3 nitrogen and oxygen atoms in total. The zero-order chi connectivity index (χ0) is 10.7. The Labute approximate surface area is 91.9 Å². The molecule has 3 heteroatoms. The molecular formula is C12H23NO2. The molecule has 15 heavy (non-hydrogen) atoms. The van der Waals surface area contributed by atoms with Crippen LogP contribution in [0.5, 0.6) is 0 Å². The maximum atomic E-state index is 9.91. The zero-order valence-corrected chi connectivity index (χ0v) is 9.41. The number of aliphatic hydroxyl groups is 2. The van der Waals surface area contributed by atoms with E-state index in [1.54, 1.807) is 0 Å². The van der Waals surface area contributed by atoms with Gasteiger partial charge < -0.3 is 15.5 Å². The predicted molar refractivity (Wildman–Crippen MR) is 59.6 cm³/mol. The molecule has 0 aliphatic heterocycles. The number of nitrogens with one attached hydrogen (secondary N) is 1. The molecule has 2 unspecified atom stereocenters. The van der Waals surface area contributed by atoms with E-state index >= 15 is 0 Å². The molecule has 0 aromatic carbocycles. The Morgan fingerprint density at radius 1 is 1.13 bits per heavy atom. The summed E-state index contributed by atoms with van der Waals surface area (Å²) >= 11 is 0. The summed E-state index contributed by atoms with van der Waals surface area (Å²) in [6, 6.07) is 0.261. The Balaban J connectivity index is 1.76. The Hall–Kier alpha value is -0.120. The molecule has 2 saturated carbocycles. The van der Waals surface area contributed by atoms with E-state index in [4.69, 9.17) is 0 Å². The van der Waals surface area contributed by atoms with E-state index < -0.39 is 0 Å². The van der Waals surface area contributed by atoms with Crippen LogP contribution in [0.3, 0.4) is 0 Å². The van der Waals surface area contributed by atoms with Gasteiger partial charge >= 0.3 is 0 Å². The van der Waals surface area contributed by atoms with E-state index in [9.17, 15) is 10.2 Å². The molecule has 0 radical (unpaired) electrons. The van der Waals surface area contributed by atoms with Crippen LogP contribution in [0.15, 0.2) is 0 Å². The molecular weight excluding hydrogens is 190 g/mol. The highest BCUT2D eigenvalue weighted by Crippen LogP contribution is 2.44. The second-order valence-electron chi connectivity index (χ2n) is 5.35. The van der Waals surface area contributed by atoms with Crippen molar-refractivity contribution in [1.29, 1.82) is 0 Å². The Morgan fingerprint density at radius 2 is 1.87 bits per heavy atom. The highest BCUT2D eigenvalue weighted by atomic mass is 16.3. The van der Waals surface area contributed by atoms with Crippen molar-refractivity contribution in [3.63, 3.8) is 0 Å². The van der Waals surface area contributed by atoms with Crippen LogP contribution in [0.25, 0.3) is 0 Å². The fourth-order valence-electron chi connectivity index (χ4n) is 2.44. The molecule has 2 atom stereocenters. The van der Waals surface area contributed by atoms with Crippen LogP contribution in [0, 0.1) is 5.41 Å². The zero-order valence-electron chi connectivity index (χ0n) is 9.41. The third-order valence-corrected chi connectivity index (χ3v) is 4.01. The lowest BCUT2D eigenvalue weighted by Gasteiger charge is -2.24. The van der Waals surface area contributed by atoms with Crippen LogP contribution < -0.4 is 5.32 Å². The van der Waals surface area contributed by atoms with Gasteiger partial charge in [-0.15, -0.1) is 0 Å². The molecule has 2 aliphatic rings. The van der Waals surface area contributed by atoms with Gasteiger partial charge in [0.05, 0.1) is 6.10 Å². The summed E-state index contributed by atoms with van der Waals surface area (Å²) in [4.78, 5) is 0. The highest BCUT2D eigenvalue weighted by molar-refractivity contribution is 4.95. The predicted octanol–water partition coefficient (Wildman–Crippen LogP) is 1.04. The summed E-state index contributed by atoms with van der Waals surface area (Å²) in [5.41, 5.74) is 0.159. The first-order chi connectivity index (χ1) is 7.26. The largest absolute Gasteiger partial charge is 0.396 e. The quantitative estimate of drug-likeness (QED) is 0.612. The molecule has 0 saturated heterocycles. The van der Waals surface area contributed by atoms with Gasteiger partial charge in [0.2, 0.25) is 0 Å². The SMILES string of the molecule is OCC1(CNC2CCCCCC2O)CC1. The summed E-state index contributed by atoms with van der Waals surface area (Å²) in [7, 11) is 0. The fourth-order valence-corrected chi connectivity index (χ4v) is 2.44. The summed E-state index contributed by atoms with van der Waals surface area (Å²) < 4.78 is 0. The molecule has 2 fully saturated rings. The second kappa shape index (κ2) is 4.81. The molecule has 0 heterocycles. The van der Waals surface area contributed by atoms with Crippen molar-refractivity contribution in [2.24, 2.45) is 5.41 Å².